The van der Waals surface area contributed by atoms with E-state index in [0.29, 0.717) is 37.1 Å². The van der Waals surface area contributed by atoms with Crippen LogP contribution >= 0.6 is 11.3 Å². The minimum atomic E-state index is -0.247. The standard InChI is InChI=1S/C22H30N6O2S/c1-21(2)11-15(12-22(3,4)27-21)10-19(29)28-8-9-30-17(13-28)16-6-5-7-18(24-16)25-20-26-23-14-31-20/h5-7,11,14,17,27H,8-10,12-13H2,1-4H3,(H,24,25,26)/t17-/m1/s1. The summed E-state index contributed by atoms with van der Waals surface area (Å²) in [7, 11) is 0. The molecule has 8 nitrogen and oxygen atoms in total. The average Bonchev–Trinajstić information content (AvgIpc) is 3.19. The van der Waals surface area contributed by atoms with Crippen molar-refractivity contribution in [3.05, 3.63) is 41.1 Å². The summed E-state index contributed by atoms with van der Waals surface area (Å²) < 4.78 is 5.96. The Morgan fingerprint density at radius 2 is 2.19 bits per heavy atom. The third-order valence-electron chi connectivity index (χ3n) is 5.39. The van der Waals surface area contributed by atoms with Crippen molar-refractivity contribution in [2.45, 2.75) is 57.7 Å². The van der Waals surface area contributed by atoms with Crippen molar-refractivity contribution in [3.63, 3.8) is 0 Å². The van der Waals surface area contributed by atoms with Crippen LogP contribution in [0.1, 0.15) is 52.3 Å². The molecule has 2 aromatic heterocycles. The van der Waals surface area contributed by atoms with Crippen molar-refractivity contribution in [2.75, 3.05) is 25.0 Å². The summed E-state index contributed by atoms with van der Waals surface area (Å²) in [5.41, 5.74) is 3.53. The van der Waals surface area contributed by atoms with Gasteiger partial charge < -0.3 is 20.3 Å². The van der Waals surface area contributed by atoms with E-state index in [1.807, 2.05) is 23.1 Å². The molecule has 2 aliphatic heterocycles. The van der Waals surface area contributed by atoms with Crippen molar-refractivity contribution >= 4 is 28.2 Å². The lowest BCUT2D eigenvalue weighted by atomic mass is 9.82. The van der Waals surface area contributed by atoms with Gasteiger partial charge in [-0.2, -0.15) is 0 Å². The number of amides is 1. The zero-order chi connectivity index (χ0) is 22.1. The molecule has 1 atom stereocenters. The van der Waals surface area contributed by atoms with Crippen LogP contribution in [0.15, 0.2) is 35.4 Å². The van der Waals surface area contributed by atoms with Crippen molar-refractivity contribution in [1.29, 1.82) is 0 Å². The van der Waals surface area contributed by atoms with Crippen molar-refractivity contribution < 1.29 is 9.53 Å². The Balaban J connectivity index is 1.42. The van der Waals surface area contributed by atoms with Crippen LogP contribution in [-0.4, -0.2) is 56.8 Å². The van der Waals surface area contributed by atoms with Crippen molar-refractivity contribution in [1.82, 2.24) is 25.4 Å². The summed E-state index contributed by atoms with van der Waals surface area (Å²) in [5.74, 6) is 0.835. The van der Waals surface area contributed by atoms with Crippen molar-refractivity contribution in [2.24, 2.45) is 0 Å². The average molecular weight is 443 g/mol. The molecule has 166 valence electrons. The predicted molar refractivity (Wildman–Crippen MR) is 121 cm³/mol. The topological polar surface area (TPSA) is 92.3 Å². The molecule has 2 aromatic rings. The van der Waals surface area contributed by atoms with Gasteiger partial charge in [-0.1, -0.05) is 29.1 Å². The second-order valence-electron chi connectivity index (χ2n) is 9.40. The van der Waals surface area contributed by atoms with Gasteiger partial charge in [0.15, 0.2) is 0 Å². The molecule has 31 heavy (non-hydrogen) atoms. The second-order valence-corrected chi connectivity index (χ2v) is 10.2. The monoisotopic (exact) mass is 442 g/mol. The lowest BCUT2D eigenvalue weighted by Gasteiger charge is -2.41. The maximum Gasteiger partial charge on any atom is 0.226 e. The fraction of sp³-hybridized carbons (Fsp3) is 0.545. The smallest absolute Gasteiger partial charge is 0.226 e. The van der Waals surface area contributed by atoms with Gasteiger partial charge in [0.05, 0.1) is 18.8 Å². The van der Waals surface area contributed by atoms with E-state index in [1.54, 1.807) is 5.51 Å². The van der Waals surface area contributed by atoms with Crippen LogP contribution in [0.4, 0.5) is 10.9 Å². The Morgan fingerprint density at radius 3 is 2.94 bits per heavy atom. The Bertz CT molecular complexity index is 957. The van der Waals surface area contributed by atoms with Gasteiger partial charge in [0.1, 0.15) is 17.4 Å². The molecule has 0 unspecified atom stereocenters. The van der Waals surface area contributed by atoms with Gasteiger partial charge in [0.2, 0.25) is 11.0 Å². The van der Waals surface area contributed by atoms with Gasteiger partial charge in [-0.05, 0) is 46.2 Å². The fourth-order valence-corrected chi connectivity index (χ4v) is 5.05. The molecule has 1 amide bonds. The largest absolute Gasteiger partial charge is 0.368 e. The number of hydrogen-bond acceptors (Lipinski definition) is 8. The molecule has 9 heteroatoms. The number of rotatable bonds is 5. The SMILES string of the molecule is CC1(C)C=C(CC(=O)N2CCO[C@@H](c3cccc(Nc4nncs4)n3)C2)CC(C)(C)N1. The maximum absolute atomic E-state index is 13.1. The van der Waals surface area contributed by atoms with E-state index >= 15 is 0 Å². The van der Waals surface area contributed by atoms with E-state index in [4.69, 9.17) is 4.74 Å². The summed E-state index contributed by atoms with van der Waals surface area (Å²) in [6.07, 6.45) is 3.28. The first-order valence-corrected chi connectivity index (χ1v) is 11.5. The molecule has 0 aromatic carbocycles. The Morgan fingerprint density at radius 1 is 1.35 bits per heavy atom. The molecule has 1 fully saturated rings. The maximum atomic E-state index is 13.1. The van der Waals surface area contributed by atoms with Crippen LogP contribution in [0.3, 0.4) is 0 Å². The lowest BCUT2D eigenvalue weighted by Crippen LogP contribution is -2.54. The molecule has 4 rings (SSSR count). The van der Waals surface area contributed by atoms with Crippen LogP contribution in [0.2, 0.25) is 0 Å². The van der Waals surface area contributed by atoms with Crippen LogP contribution in [0.5, 0.6) is 0 Å². The molecule has 0 saturated carbocycles. The van der Waals surface area contributed by atoms with Gasteiger partial charge in [-0.15, -0.1) is 10.2 Å². The second kappa shape index (κ2) is 8.64. The number of aromatic nitrogens is 3. The first-order valence-electron chi connectivity index (χ1n) is 10.6. The van der Waals surface area contributed by atoms with E-state index < -0.39 is 0 Å². The van der Waals surface area contributed by atoms with Gasteiger partial charge in [0, 0.05) is 24.0 Å². The van der Waals surface area contributed by atoms with E-state index in [0.717, 1.165) is 12.1 Å². The highest BCUT2D eigenvalue weighted by Gasteiger charge is 2.34. The molecule has 2 aliphatic rings. The van der Waals surface area contributed by atoms with Crippen LogP contribution in [-0.2, 0) is 9.53 Å². The number of pyridine rings is 1. The van der Waals surface area contributed by atoms with E-state index in [1.165, 1.54) is 16.9 Å². The highest BCUT2D eigenvalue weighted by molar-refractivity contribution is 7.13. The van der Waals surface area contributed by atoms with Gasteiger partial charge >= 0.3 is 0 Å². The number of hydrogen-bond donors (Lipinski definition) is 2. The molecule has 0 bridgehead atoms. The third kappa shape index (κ3) is 5.66. The molecule has 2 N–H and O–H groups in total. The number of carbonyl (C=O) groups excluding carboxylic acids is 1. The Hall–Kier alpha value is -2.36. The number of anilines is 2. The van der Waals surface area contributed by atoms with Gasteiger partial charge in [-0.25, -0.2) is 4.98 Å². The van der Waals surface area contributed by atoms with E-state index in [2.05, 4.69) is 59.6 Å². The Kier molecular flexibility index (Phi) is 6.09. The summed E-state index contributed by atoms with van der Waals surface area (Å²) in [6, 6.07) is 5.74. The molecule has 4 heterocycles. The molecular weight excluding hydrogens is 412 g/mol. The normalized spacial score (nSPS) is 22.6. The first kappa shape index (κ1) is 21.9. The number of carbonyl (C=O) groups is 1. The van der Waals surface area contributed by atoms with Gasteiger partial charge in [-0.3, -0.25) is 4.79 Å². The minimum Gasteiger partial charge on any atom is -0.368 e. The molecule has 1 saturated heterocycles. The zero-order valence-corrected chi connectivity index (χ0v) is 19.3. The number of morpholine rings is 1. The summed E-state index contributed by atoms with van der Waals surface area (Å²) in [5, 5.41) is 15.3. The molecule has 0 radical (unpaired) electrons. The third-order valence-corrected chi connectivity index (χ3v) is 5.99. The highest BCUT2D eigenvalue weighted by atomic mass is 32.1. The van der Waals surface area contributed by atoms with Crippen LogP contribution < -0.4 is 10.6 Å². The summed E-state index contributed by atoms with van der Waals surface area (Å²) in [6.45, 7) is 10.3. The summed E-state index contributed by atoms with van der Waals surface area (Å²) in [4.78, 5) is 19.7. The van der Waals surface area contributed by atoms with Crippen LogP contribution in [0, 0.1) is 0 Å². The lowest BCUT2D eigenvalue weighted by molar-refractivity contribution is -0.138. The highest BCUT2D eigenvalue weighted by Crippen LogP contribution is 2.30. The van der Waals surface area contributed by atoms with E-state index in [9.17, 15) is 4.79 Å². The number of ether oxygens (including phenoxy) is 1. The predicted octanol–water partition coefficient (Wildman–Crippen LogP) is 3.44. The summed E-state index contributed by atoms with van der Waals surface area (Å²) >= 11 is 1.41. The first-order chi connectivity index (χ1) is 14.7. The Labute approximate surface area is 187 Å². The van der Waals surface area contributed by atoms with Gasteiger partial charge in [0.25, 0.3) is 0 Å². The fourth-order valence-electron chi connectivity index (χ4n) is 4.59. The minimum absolute atomic E-state index is 0.0221. The number of nitrogens with zero attached hydrogens (tertiary/aromatic N) is 4. The van der Waals surface area contributed by atoms with Crippen molar-refractivity contribution in [3.8, 4) is 0 Å². The zero-order valence-electron chi connectivity index (χ0n) is 18.5. The molecule has 0 spiro atoms. The molecule has 0 aliphatic carbocycles. The van der Waals surface area contributed by atoms with E-state index in [-0.39, 0.29) is 23.1 Å². The molecular formula is C22H30N6O2S. The van der Waals surface area contributed by atoms with Crippen LogP contribution in [0.25, 0.3) is 0 Å². The number of nitrogens with one attached hydrogen (secondary N) is 2. The quantitative estimate of drug-likeness (QED) is 0.685.